The van der Waals surface area contributed by atoms with Crippen LogP contribution in [0.1, 0.15) is 19.4 Å². The summed E-state index contributed by atoms with van der Waals surface area (Å²) in [6.45, 7) is 3.14. The Labute approximate surface area is 153 Å². The van der Waals surface area contributed by atoms with Gasteiger partial charge in [-0.15, -0.1) is 0 Å². The fourth-order valence-electron chi connectivity index (χ4n) is 2.21. The molecule has 0 heterocycles. The van der Waals surface area contributed by atoms with E-state index in [-0.39, 0.29) is 24.1 Å². The van der Waals surface area contributed by atoms with Gasteiger partial charge in [0.1, 0.15) is 6.54 Å². The maximum absolute atomic E-state index is 12.9. The lowest BCUT2D eigenvalue weighted by Crippen LogP contribution is -2.36. The van der Waals surface area contributed by atoms with Crippen LogP contribution in [0, 0.1) is 0 Å². The number of sulfonamides is 1. The van der Waals surface area contributed by atoms with Crippen LogP contribution in [0.25, 0.3) is 0 Å². The topological polar surface area (TPSA) is 63.7 Å². The van der Waals surface area contributed by atoms with Crippen molar-refractivity contribution in [2.45, 2.75) is 31.4 Å². The van der Waals surface area contributed by atoms with Crippen LogP contribution in [0.4, 0.5) is 0 Å². The van der Waals surface area contributed by atoms with E-state index in [0.717, 1.165) is 9.87 Å². The minimum Gasteiger partial charge on any atom is -0.462 e. The Morgan fingerprint density at radius 2 is 1.68 bits per heavy atom. The van der Waals surface area contributed by atoms with Crippen LogP contribution in [0.5, 0.6) is 0 Å². The molecule has 0 radical (unpaired) electrons. The van der Waals surface area contributed by atoms with Crippen molar-refractivity contribution in [2.75, 3.05) is 6.54 Å². The molecular weight excluding hydrogens is 362 g/mol. The quantitative estimate of drug-likeness (QED) is 0.689. The highest BCUT2D eigenvalue weighted by molar-refractivity contribution is 7.89. The van der Waals surface area contributed by atoms with Crippen molar-refractivity contribution in [1.82, 2.24) is 4.31 Å². The predicted molar refractivity (Wildman–Crippen MR) is 96.7 cm³/mol. The summed E-state index contributed by atoms with van der Waals surface area (Å²) in [7, 11) is -3.87. The number of carbonyl (C=O) groups excluding carboxylic acids is 1. The van der Waals surface area contributed by atoms with Gasteiger partial charge in [-0.05, 0) is 43.7 Å². The molecule has 0 aliphatic heterocycles. The summed E-state index contributed by atoms with van der Waals surface area (Å²) >= 11 is 5.83. The van der Waals surface area contributed by atoms with Crippen molar-refractivity contribution in [3.8, 4) is 0 Å². The molecule has 2 rings (SSSR count). The highest BCUT2D eigenvalue weighted by atomic mass is 35.5. The molecule has 0 bridgehead atoms. The van der Waals surface area contributed by atoms with E-state index in [1.165, 1.54) is 24.3 Å². The van der Waals surface area contributed by atoms with Crippen molar-refractivity contribution in [3.05, 3.63) is 65.2 Å². The molecule has 0 aromatic heterocycles. The average molecular weight is 382 g/mol. The summed E-state index contributed by atoms with van der Waals surface area (Å²) in [5.74, 6) is -0.594. The van der Waals surface area contributed by atoms with Gasteiger partial charge in [0.05, 0.1) is 11.0 Å². The Morgan fingerprint density at radius 3 is 2.24 bits per heavy atom. The summed E-state index contributed by atoms with van der Waals surface area (Å²) in [6.07, 6.45) is -0.315. The lowest BCUT2D eigenvalue weighted by molar-refractivity contribution is -0.147. The van der Waals surface area contributed by atoms with Crippen LogP contribution >= 0.6 is 11.6 Å². The number of halogens is 1. The molecule has 0 spiro atoms. The van der Waals surface area contributed by atoms with Gasteiger partial charge in [-0.25, -0.2) is 8.42 Å². The molecule has 0 unspecified atom stereocenters. The molecule has 0 N–H and O–H groups in total. The Bertz CT molecular complexity index is 805. The molecule has 2 aromatic rings. The lowest BCUT2D eigenvalue weighted by atomic mass is 10.2. The maximum atomic E-state index is 12.9. The SMILES string of the molecule is CC(C)OC(=O)CN(Cc1ccccc1)S(=O)(=O)c1ccc(Cl)cc1. The lowest BCUT2D eigenvalue weighted by Gasteiger charge is -2.22. The Kier molecular flexibility index (Phi) is 6.58. The first-order chi connectivity index (χ1) is 11.8. The van der Waals surface area contributed by atoms with E-state index in [9.17, 15) is 13.2 Å². The number of ether oxygens (including phenoxy) is 1. The molecule has 2 aromatic carbocycles. The van der Waals surface area contributed by atoms with Crippen LogP contribution in [-0.4, -0.2) is 31.3 Å². The molecule has 0 aliphatic rings. The zero-order valence-electron chi connectivity index (χ0n) is 14.1. The van der Waals surface area contributed by atoms with Gasteiger partial charge < -0.3 is 4.74 Å². The zero-order chi connectivity index (χ0) is 18.4. The second-order valence-corrected chi connectivity index (χ2v) is 8.13. The first kappa shape index (κ1) is 19.4. The van der Waals surface area contributed by atoms with Crippen LogP contribution in [0.3, 0.4) is 0 Å². The van der Waals surface area contributed by atoms with Crippen molar-refractivity contribution < 1.29 is 17.9 Å². The largest absolute Gasteiger partial charge is 0.462 e. The number of rotatable bonds is 7. The monoisotopic (exact) mass is 381 g/mol. The smallest absolute Gasteiger partial charge is 0.321 e. The second-order valence-electron chi connectivity index (χ2n) is 5.75. The van der Waals surface area contributed by atoms with Crippen molar-refractivity contribution in [1.29, 1.82) is 0 Å². The Hall–Kier alpha value is -1.89. The molecule has 0 saturated heterocycles. The van der Waals surface area contributed by atoms with Gasteiger partial charge in [-0.1, -0.05) is 41.9 Å². The Morgan fingerprint density at radius 1 is 1.08 bits per heavy atom. The van der Waals surface area contributed by atoms with Gasteiger partial charge in [-0.3, -0.25) is 4.79 Å². The van der Waals surface area contributed by atoms with Crippen molar-refractivity contribution >= 4 is 27.6 Å². The molecule has 134 valence electrons. The van der Waals surface area contributed by atoms with Crippen LogP contribution < -0.4 is 0 Å². The molecule has 5 nitrogen and oxygen atoms in total. The third-order valence-electron chi connectivity index (χ3n) is 3.33. The van der Waals surface area contributed by atoms with Crippen molar-refractivity contribution in [3.63, 3.8) is 0 Å². The van der Waals surface area contributed by atoms with E-state index in [2.05, 4.69) is 0 Å². The summed E-state index contributed by atoms with van der Waals surface area (Å²) < 4.78 is 32.1. The van der Waals surface area contributed by atoms with Crippen LogP contribution in [0.15, 0.2) is 59.5 Å². The number of hydrogen-bond donors (Lipinski definition) is 0. The molecule has 25 heavy (non-hydrogen) atoms. The maximum Gasteiger partial charge on any atom is 0.321 e. The third kappa shape index (κ3) is 5.56. The van der Waals surface area contributed by atoms with Crippen LogP contribution in [-0.2, 0) is 26.1 Å². The predicted octanol–water partition coefficient (Wildman–Crippen LogP) is 3.48. The molecule has 7 heteroatoms. The minimum atomic E-state index is -3.87. The van der Waals surface area contributed by atoms with Gasteiger partial charge in [-0.2, -0.15) is 4.31 Å². The first-order valence-electron chi connectivity index (χ1n) is 7.78. The second kappa shape index (κ2) is 8.47. The first-order valence-corrected chi connectivity index (χ1v) is 9.60. The Balaban J connectivity index is 2.32. The number of benzene rings is 2. The average Bonchev–Trinajstić information content (AvgIpc) is 2.55. The standard InChI is InChI=1S/C18H20ClNO4S/c1-14(2)24-18(21)13-20(12-15-6-4-3-5-7-15)25(22,23)17-10-8-16(19)9-11-17/h3-11,14H,12-13H2,1-2H3. The van der Waals surface area contributed by atoms with E-state index in [1.807, 2.05) is 18.2 Å². The summed E-state index contributed by atoms with van der Waals surface area (Å²) in [4.78, 5) is 12.1. The number of hydrogen-bond acceptors (Lipinski definition) is 4. The molecule has 0 aliphatic carbocycles. The fourth-order valence-corrected chi connectivity index (χ4v) is 3.71. The van der Waals surface area contributed by atoms with E-state index in [0.29, 0.717) is 5.02 Å². The summed E-state index contributed by atoms with van der Waals surface area (Å²) in [6, 6.07) is 14.9. The molecule has 0 atom stereocenters. The van der Waals surface area contributed by atoms with Crippen molar-refractivity contribution in [2.24, 2.45) is 0 Å². The van der Waals surface area contributed by atoms with E-state index in [4.69, 9.17) is 16.3 Å². The highest BCUT2D eigenvalue weighted by Crippen LogP contribution is 2.20. The third-order valence-corrected chi connectivity index (χ3v) is 5.38. The van der Waals surface area contributed by atoms with E-state index in [1.54, 1.807) is 26.0 Å². The van der Waals surface area contributed by atoms with Crippen LogP contribution in [0.2, 0.25) is 5.02 Å². The summed E-state index contributed by atoms with van der Waals surface area (Å²) in [5, 5.41) is 0.438. The van der Waals surface area contributed by atoms with Gasteiger partial charge in [0.15, 0.2) is 0 Å². The molecule has 0 fully saturated rings. The van der Waals surface area contributed by atoms with Gasteiger partial charge >= 0.3 is 5.97 Å². The van der Waals surface area contributed by atoms with Gasteiger partial charge in [0, 0.05) is 11.6 Å². The molecular formula is C18H20ClNO4S. The highest BCUT2D eigenvalue weighted by Gasteiger charge is 2.27. The van der Waals surface area contributed by atoms with Gasteiger partial charge in [0.2, 0.25) is 10.0 Å². The summed E-state index contributed by atoms with van der Waals surface area (Å²) in [5.41, 5.74) is 0.775. The normalized spacial score (nSPS) is 11.7. The number of carbonyl (C=O) groups is 1. The van der Waals surface area contributed by atoms with E-state index >= 15 is 0 Å². The van der Waals surface area contributed by atoms with Gasteiger partial charge in [0.25, 0.3) is 0 Å². The minimum absolute atomic E-state index is 0.0684. The fraction of sp³-hybridized carbons (Fsp3) is 0.278. The molecule has 0 amide bonds. The zero-order valence-corrected chi connectivity index (χ0v) is 15.6. The number of esters is 1. The number of nitrogens with zero attached hydrogens (tertiary/aromatic N) is 1. The molecule has 0 saturated carbocycles. The van der Waals surface area contributed by atoms with E-state index < -0.39 is 16.0 Å².